The van der Waals surface area contributed by atoms with Crippen LogP contribution < -0.4 is 5.32 Å². The zero-order chi connectivity index (χ0) is 18.7. The molecule has 0 bridgehead atoms. The number of carbonyl (C=O) groups is 1. The summed E-state index contributed by atoms with van der Waals surface area (Å²) in [6.07, 6.45) is -2.30. The van der Waals surface area contributed by atoms with E-state index < -0.39 is 27.5 Å². The van der Waals surface area contributed by atoms with Gasteiger partial charge in [-0.25, -0.2) is 8.42 Å². The van der Waals surface area contributed by atoms with Gasteiger partial charge in [0.2, 0.25) is 0 Å². The number of hydrogen-bond donors (Lipinski definition) is 2. The van der Waals surface area contributed by atoms with Gasteiger partial charge in [0.1, 0.15) is 5.69 Å². The predicted molar refractivity (Wildman–Crippen MR) is 85.3 cm³/mol. The number of rotatable bonds is 5. The fourth-order valence-electron chi connectivity index (χ4n) is 2.00. The van der Waals surface area contributed by atoms with Gasteiger partial charge in [-0.1, -0.05) is 24.3 Å². The fourth-order valence-corrected chi connectivity index (χ4v) is 2.45. The third kappa shape index (κ3) is 5.18. The van der Waals surface area contributed by atoms with Crippen molar-refractivity contribution in [3.63, 3.8) is 0 Å². The lowest BCUT2D eigenvalue weighted by Gasteiger charge is -2.10. The molecule has 0 unspecified atom stereocenters. The molecule has 2 rings (SSSR count). The van der Waals surface area contributed by atoms with Gasteiger partial charge in [0.25, 0.3) is 5.91 Å². The van der Waals surface area contributed by atoms with Gasteiger partial charge in [0, 0.05) is 23.8 Å². The predicted octanol–water partition coefficient (Wildman–Crippen LogP) is 2.38. The first-order valence-corrected chi connectivity index (χ1v) is 8.90. The van der Waals surface area contributed by atoms with Gasteiger partial charge in [-0.2, -0.15) is 18.3 Å². The van der Waals surface area contributed by atoms with Crippen molar-refractivity contribution in [1.82, 2.24) is 15.5 Å². The SMILES string of the molecule is CS(=O)(=O)/C=C/CNC(=O)c1cc(-c2ccccc2C(F)(F)F)n[nH]1. The van der Waals surface area contributed by atoms with E-state index in [1.54, 1.807) is 0 Å². The number of H-pyrrole nitrogens is 1. The summed E-state index contributed by atoms with van der Waals surface area (Å²) in [6, 6.07) is 6.09. The monoisotopic (exact) mass is 373 g/mol. The van der Waals surface area contributed by atoms with Crippen molar-refractivity contribution in [3.05, 3.63) is 53.1 Å². The second kappa shape index (κ2) is 7.09. The average Bonchev–Trinajstić information content (AvgIpc) is 2.99. The fraction of sp³-hybridized carbons (Fsp3) is 0.200. The lowest BCUT2D eigenvalue weighted by Crippen LogP contribution is -2.23. The Bertz CT molecular complexity index is 902. The third-order valence-electron chi connectivity index (χ3n) is 3.05. The first kappa shape index (κ1) is 18.7. The summed E-state index contributed by atoms with van der Waals surface area (Å²) in [6.45, 7) is -0.0562. The Balaban J connectivity index is 2.16. The highest BCUT2D eigenvalue weighted by molar-refractivity contribution is 7.93. The largest absolute Gasteiger partial charge is 0.417 e. The smallest absolute Gasteiger partial charge is 0.347 e. The lowest BCUT2D eigenvalue weighted by atomic mass is 10.0. The van der Waals surface area contributed by atoms with E-state index in [0.29, 0.717) is 0 Å². The molecule has 0 radical (unpaired) electrons. The normalized spacial score (nSPS) is 12.5. The molecule has 10 heteroatoms. The van der Waals surface area contributed by atoms with Gasteiger partial charge in [0.15, 0.2) is 9.84 Å². The van der Waals surface area contributed by atoms with Crippen LogP contribution in [0, 0.1) is 0 Å². The maximum Gasteiger partial charge on any atom is 0.417 e. The van der Waals surface area contributed by atoms with Crippen LogP contribution in [0.3, 0.4) is 0 Å². The lowest BCUT2D eigenvalue weighted by molar-refractivity contribution is -0.137. The summed E-state index contributed by atoms with van der Waals surface area (Å²) in [5, 5.41) is 9.45. The molecule has 1 amide bonds. The van der Waals surface area contributed by atoms with Gasteiger partial charge in [-0.3, -0.25) is 9.89 Å². The van der Waals surface area contributed by atoms with Crippen LogP contribution in [0.5, 0.6) is 0 Å². The van der Waals surface area contributed by atoms with E-state index in [0.717, 1.165) is 17.7 Å². The van der Waals surface area contributed by atoms with Crippen molar-refractivity contribution in [3.8, 4) is 11.3 Å². The molecule has 0 aliphatic rings. The standard InChI is InChI=1S/C15H14F3N3O3S/c1-25(23,24)8-4-7-19-14(22)13-9-12(20-21-13)10-5-2-3-6-11(10)15(16,17)18/h2-6,8-9H,7H2,1H3,(H,19,22)(H,20,21)/b8-4+. The minimum Gasteiger partial charge on any atom is -0.347 e. The molecule has 0 fully saturated rings. The first-order valence-electron chi connectivity index (χ1n) is 6.95. The van der Waals surface area contributed by atoms with Crippen LogP contribution in [0.4, 0.5) is 13.2 Å². The van der Waals surface area contributed by atoms with Crippen molar-refractivity contribution >= 4 is 15.7 Å². The van der Waals surface area contributed by atoms with Crippen LogP contribution >= 0.6 is 0 Å². The number of hydrogen-bond acceptors (Lipinski definition) is 4. The molecule has 1 aromatic heterocycles. The van der Waals surface area contributed by atoms with Crippen molar-refractivity contribution in [2.45, 2.75) is 6.18 Å². The summed E-state index contributed by atoms with van der Waals surface area (Å²) in [7, 11) is -3.30. The van der Waals surface area contributed by atoms with Crippen molar-refractivity contribution in [1.29, 1.82) is 0 Å². The Morgan fingerprint density at radius 3 is 2.64 bits per heavy atom. The maximum atomic E-state index is 13.0. The van der Waals surface area contributed by atoms with E-state index in [4.69, 9.17) is 0 Å². The van der Waals surface area contributed by atoms with Gasteiger partial charge in [0.05, 0.1) is 11.3 Å². The number of carbonyl (C=O) groups excluding carboxylic acids is 1. The molecule has 1 heterocycles. The van der Waals surface area contributed by atoms with Crippen molar-refractivity contribution in [2.24, 2.45) is 0 Å². The topological polar surface area (TPSA) is 91.9 Å². The molecule has 0 saturated heterocycles. The molecule has 1 aromatic carbocycles. The number of halogens is 3. The Hall–Kier alpha value is -2.62. The molecule has 25 heavy (non-hydrogen) atoms. The van der Waals surface area contributed by atoms with Gasteiger partial charge < -0.3 is 5.32 Å². The molecule has 134 valence electrons. The van der Waals surface area contributed by atoms with Crippen molar-refractivity contribution < 1.29 is 26.4 Å². The summed E-state index contributed by atoms with van der Waals surface area (Å²) in [5.74, 6) is -0.624. The summed E-state index contributed by atoms with van der Waals surface area (Å²) in [5.41, 5.74) is -1.07. The van der Waals surface area contributed by atoms with E-state index in [1.165, 1.54) is 30.3 Å². The van der Waals surface area contributed by atoms with Crippen LogP contribution in [0.25, 0.3) is 11.3 Å². The number of aromatic amines is 1. The molecule has 0 saturated carbocycles. The minimum atomic E-state index is -4.55. The molecular formula is C15H14F3N3O3S. The molecule has 0 aliphatic carbocycles. The Morgan fingerprint density at radius 1 is 1.32 bits per heavy atom. The van der Waals surface area contributed by atoms with E-state index >= 15 is 0 Å². The van der Waals surface area contributed by atoms with E-state index in [-0.39, 0.29) is 23.5 Å². The molecule has 0 atom stereocenters. The van der Waals surface area contributed by atoms with Crippen LogP contribution in [0.15, 0.2) is 41.8 Å². The molecule has 6 nitrogen and oxygen atoms in total. The number of benzene rings is 1. The first-order chi connectivity index (χ1) is 11.6. The quantitative estimate of drug-likeness (QED) is 0.842. The molecule has 0 aliphatic heterocycles. The van der Waals surface area contributed by atoms with Crippen LogP contribution in [-0.4, -0.2) is 37.3 Å². The molecule has 0 spiro atoms. The highest BCUT2D eigenvalue weighted by atomic mass is 32.2. The van der Waals surface area contributed by atoms with Gasteiger partial charge >= 0.3 is 6.18 Å². The number of alkyl halides is 3. The number of aromatic nitrogens is 2. The second-order valence-electron chi connectivity index (χ2n) is 5.12. The summed E-state index contributed by atoms with van der Waals surface area (Å²) >= 11 is 0. The third-order valence-corrected chi connectivity index (χ3v) is 3.74. The number of nitrogens with one attached hydrogen (secondary N) is 2. The maximum absolute atomic E-state index is 13.0. The van der Waals surface area contributed by atoms with E-state index in [9.17, 15) is 26.4 Å². The highest BCUT2D eigenvalue weighted by Crippen LogP contribution is 2.36. The Morgan fingerprint density at radius 2 is 2.00 bits per heavy atom. The number of amides is 1. The zero-order valence-electron chi connectivity index (χ0n) is 13.0. The van der Waals surface area contributed by atoms with Gasteiger partial charge in [-0.05, 0) is 12.1 Å². The van der Waals surface area contributed by atoms with E-state index in [1.807, 2.05) is 0 Å². The van der Waals surface area contributed by atoms with Crippen LogP contribution in [0.1, 0.15) is 16.1 Å². The van der Waals surface area contributed by atoms with E-state index in [2.05, 4.69) is 15.5 Å². The highest BCUT2D eigenvalue weighted by Gasteiger charge is 2.34. The summed E-state index contributed by atoms with van der Waals surface area (Å²) < 4.78 is 60.9. The Labute approximate surface area is 141 Å². The number of sulfone groups is 1. The van der Waals surface area contributed by atoms with Gasteiger partial charge in [-0.15, -0.1) is 0 Å². The second-order valence-corrected chi connectivity index (χ2v) is 7.05. The van der Waals surface area contributed by atoms with Crippen LogP contribution in [-0.2, 0) is 16.0 Å². The molecule has 2 N–H and O–H groups in total. The molecule has 2 aromatic rings. The summed E-state index contributed by atoms with van der Waals surface area (Å²) in [4.78, 5) is 11.9. The zero-order valence-corrected chi connectivity index (χ0v) is 13.8. The Kier molecular flexibility index (Phi) is 5.31. The average molecular weight is 373 g/mol. The van der Waals surface area contributed by atoms with Crippen molar-refractivity contribution in [2.75, 3.05) is 12.8 Å². The van der Waals surface area contributed by atoms with Crippen LogP contribution in [0.2, 0.25) is 0 Å². The molecular weight excluding hydrogens is 359 g/mol. The number of nitrogens with zero attached hydrogens (tertiary/aromatic N) is 1. The minimum absolute atomic E-state index is 0.0234.